The minimum atomic E-state index is -4.37. The van der Waals surface area contributed by atoms with Crippen LogP contribution in [0.15, 0.2) is 42.5 Å². The highest BCUT2D eigenvalue weighted by Crippen LogP contribution is 2.38. The van der Waals surface area contributed by atoms with Crippen LogP contribution in [0.4, 0.5) is 13.2 Å². The van der Waals surface area contributed by atoms with Gasteiger partial charge in [0.1, 0.15) is 0 Å². The topological polar surface area (TPSA) is 38.1 Å². The Kier molecular flexibility index (Phi) is 5.30. The molecule has 0 radical (unpaired) electrons. The maximum absolute atomic E-state index is 13.4. The number of aryl methyl sites for hydroxylation is 2. The van der Waals surface area contributed by atoms with Gasteiger partial charge in [-0.3, -0.25) is 9.48 Å². The summed E-state index contributed by atoms with van der Waals surface area (Å²) in [5.74, 6) is -0.362. The lowest BCUT2D eigenvalue weighted by Gasteiger charge is -2.33. The number of fused-ring (bicyclic) bond motifs is 1. The third-order valence-electron chi connectivity index (χ3n) is 5.90. The number of rotatable bonds is 3. The summed E-state index contributed by atoms with van der Waals surface area (Å²) in [6, 6.07) is 11.7. The smallest absolute Gasteiger partial charge is 0.337 e. The molecule has 0 spiro atoms. The number of amides is 1. The normalized spacial score (nSPS) is 15.7. The molecular weight excluding hydrogens is 391 g/mol. The van der Waals surface area contributed by atoms with Gasteiger partial charge >= 0.3 is 6.18 Å². The standard InChI is InChI=1S/C23H24F3N3O/c1-3-29-20-9-8-15(2)14-18(20)21(27-29)22(30)28-12-10-16(11-13-28)17-6-4-5-7-19(17)23(24,25)26/h4-9,14,16H,3,10-13H2,1-2H3. The van der Waals surface area contributed by atoms with Crippen molar-refractivity contribution >= 4 is 16.8 Å². The Bertz CT molecular complexity index is 1080. The first-order valence-corrected chi connectivity index (χ1v) is 10.2. The molecule has 1 saturated heterocycles. The summed E-state index contributed by atoms with van der Waals surface area (Å²) in [6.07, 6.45) is -3.36. The van der Waals surface area contributed by atoms with E-state index >= 15 is 0 Å². The van der Waals surface area contributed by atoms with Crippen LogP contribution in [0.2, 0.25) is 0 Å². The third-order valence-corrected chi connectivity index (χ3v) is 5.90. The molecule has 0 aliphatic carbocycles. The molecule has 7 heteroatoms. The van der Waals surface area contributed by atoms with Crippen LogP contribution >= 0.6 is 0 Å². The van der Waals surface area contributed by atoms with E-state index in [2.05, 4.69) is 5.10 Å². The number of nitrogens with zero attached hydrogens (tertiary/aromatic N) is 3. The molecule has 1 amide bonds. The van der Waals surface area contributed by atoms with Gasteiger partial charge in [-0.2, -0.15) is 18.3 Å². The van der Waals surface area contributed by atoms with E-state index in [1.54, 1.807) is 17.0 Å². The molecule has 0 bridgehead atoms. The van der Waals surface area contributed by atoms with Gasteiger partial charge in [-0.1, -0.05) is 29.8 Å². The van der Waals surface area contributed by atoms with Crippen molar-refractivity contribution in [2.24, 2.45) is 0 Å². The Morgan fingerprint density at radius 3 is 2.50 bits per heavy atom. The average molecular weight is 415 g/mol. The Morgan fingerprint density at radius 1 is 1.13 bits per heavy atom. The first-order valence-electron chi connectivity index (χ1n) is 10.2. The molecule has 3 aromatic rings. The zero-order valence-corrected chi connectivity index (χ0v) is 17.0. The molecule has 1 aromatic heterocycles. The average Bonchev–Trinajstić information content (AvgIpc) is 3.10. The van der Waals surface area contributed by atoms with E-state index in [0.717, 1.165) is 22.5 Å². The first-order chi connectivity index (χ1) is 14.3. The zero-order valence-electron chi connectivity index (χ0n) is 17.0. The minimum absolute atomic E-state index is 0.152. The second kappa shape index (κ2) is 7.78. The Hall–Kier alpha value is -2.83. The van der Waals surface area contributed by atoms with E-state index in [0.29, 0.717) is 43.7 Å². The third kappa shape index (κ3) is 3.68. The van der Waals surface area contributed by atoms with Crippen molar-refractivity contribution in [2.75, 3.05) is 13.1 Å². The summed E-state index contributed by atoms with van der Waals surface area (Å²) in [4.78, 5) is 14.9. The predicted molar refractivity (Wildman–Crippen MR) is 109 cm³/mol. The van der Waals surface area contributed by atoms with E-state index in [9.17, 15) is 18.0 Å². The summed E-state index contributed by atoms with van der Waals surface area (Å²) >= 11 is 0. The van der Waals surface area contributed by atoms with Gasteiger partial charge in [0.15, 0.2) is 5.69 Å². The fourth-order valence-corrected chi connectivity index (χ4v) is 4.35. The van der Waals surface area contributed by atoms with E-state index in [1.165, 1.54) is 6.07 Å². The molecule has 0 saturated carbocycles. The molecular formula is C23H24F3N3O. The first kappa shape index (κ1) is 20.4. The van der Waals surface area contributed by atoms with Crippen molar-refractivity contribution in [1.82, 2.24) is 14.7 Å². The Balaban J connectivity index is 1.55. The van der Waals surface area contributed by atoms with Crippen molar-refractivity contribution in [3.05, 3.63) is 64.8 Å². The summed E-state index contributed by atoms with van der Waals surface area (Å²) < 4.78 is 41.9. The molecule has 1 aliphatic rings. The van der Waals surface area contributed by atoms with Crippen LogP contribution in [-0.4, -0.2) is 33.7 Å². The molecule has 0 unspecified atom stereocenters. The summed E-state index contributed by atoms with van der Waals surface area (Å²) in [5.41, 5.74) is 2.14. The zero-order chi connectivity index (χ0) is 21.5. The van der Waals surface area contributed by atoms with Crippen LogP contribution in [0.5, 0.6) is 0 Å². The fraction of sp³-hybridized carbons (Fsp3) is 0.391. The van der Waals surface area contributed by atoms with E-state index in [1.807, 2.05) is 36.7 Å². The molecule has 4 nitrogen and oxygen atoms in total. The van der Waals surface area contributed by atoms with Gasteiger partial charge in [0.25, 0.3) is 5.91 Å². The monoisotopic (exact) mass is 415 g/mol. The number of carbonyl (C=O) groups excluding carboxylic acids is 1. The maximum atomic E-state index is 13.4. The minimum Gasteiger partial charge on any atom is -0.337 e. The van der Waals surface area contributed by atoms with E-state index in [4.69, 9.17) is 0 Å². The molecule has 1 fully saturated rings. The van der Waals surface area contributed by atoms with Crippen molar-refractivity contribution < 1.29 is 18.0 Å². The SMILES string of the molecule is CCn1nc(C(=O)N2CCC(c3ccccc3C(F)(F)F)CC2)c2cc(C)ccc21. The van der Waals surface area contributed by atoms with Crippen molar-refractivity contribution in [1.29, 1.82) is 0 Å². The van der Waals surface area contributed by atoms with Crippen LogP contribution in [0.1, 0.15) is 52.9 Å². The lowest BCUT2D eigenvalue weighted by atomic mass is 9.86. The van der Waals surface area contributed by atoms with Crippen molar-refractivity contribution in [3.8, 4) is 0 Å². The van der Waals surface area contributed by atoms with Gasteiger partial charge in [0.05, 0.1) is 11.1 Å². The lowest BCUT2D eigenvalue weighted by Crippen LogP contribution is -2.38. The molecule has 2 aromatic carbocycles. The van der Waals surface area contributed by atoms with Crippen LogP contribution < -0.4 is 0 Å². The van der Waals surface area contributed by atoms with Gasteiger partial charge in [0, 0.05) is 25.0 Å². The van der Waals surface area contributed by atoms with Crippen LogP contribution in [0.3, 0.4) is 0 Å². The fourth-order valence-electron chi connectivity index (χ4n) is 4.35. The van der Waals surface area contributed by atoms with Gasteiger partial charge < -0.3 is 4.90 Å². The van der Waals surface area contributed by atoms with Crippen molar-refractivity contribution in [3.63, 3.8) is 0 Å². The van der Waals surface area contributed by atoms with Crippen LogP contribution in [0.25, 0.3) is 10.9 Å². The second-order valence-electron chi connectivity index (χ2n) is 7.84. The highest BCUT2D eigenvalue weighted by Gasteiger charge is 2.36. The van der Waals surface area contributed by atoms with E-state index in [-0.39, 0.29) is 11.8 Å². The summed E-state index contributed by atoms with van der Waals surface area (Å²) in [5, 5.41) is 5.35. The second-order valence-corrected chi connectivity index (χ2v) is 7.84. The maximum Gasteiger partial charge on any atom is 0.416 e. The molecule has 0 N–H and O–H groups in total. The number of halogens is 3. The quantitative estimate of drug-likeness (QED) is 0.574. The summed E-state index contributed by atoms with van der Waals surface area (Å²) in [7, 11) is 0. The van der Waals surface area contributed by atoms with Gasteiger partial charge in [-0.15, -0.1) is 0 Å². The largest absolute Gasteiger partial charge is 0.416 e. The van der Waals surface area contributed by atoms with Crippen LogP contribution in [0, 0.1) is 6.92 Å². The van der Waals surface area contributed by atoms with Gasteiger partial charge in [-0.25, -0.2) is 0 Å². The number of aromatic nitrogens is 2. The Labute approximate surface area is 173 Å². The number of hydrogen-bond donors (Lipinski definition) is 0. The number of hydrogen-bond acceptors (Lipinski definition) is 2. The van der Waals surface area contributed by atoms with Gasteiger partial charge in [-0.05, 0) is 56.4 Å². The summed E-state index contributed by atoms with van der Waals surface area (Å²) in [6.45, 7) is 5.44. The molecule has 158 valence electrons. The number of likely N-dealkylation sites (tertiary alicyclic amines) is 1. The molecule has 0 atom stereocenters. The number of benzene rings is 2. The highest BCUT2D eigenvalue weighted by molar-refractivity contribution is 6.05. The van der Waals surface area contributed by atoms with Crippen LogP contribution in [-0.2, 0) is 12.7 Å². The lowest BCUT2D eigenvalue weighted by molar-refractivity contribution is -0.138. The molecule has 1 aliphatic heterocycles. The Morgan fingerprint density at radius 2 is 1.83 bits per heavy atom. The molecule has 4 rings (SSSR count). The number of carbonyl (C=O) groups is 1. The number of piperidine rings is 1. The van der Waals surface area contributed by atoms with Gasteiger partial charge in [0.2, 0.25) is 0 Å². The van der Waals surface area contributed by atoms with E-state index < -0.39 is 11.7 Å². The molecule has 30 heavy (non-hydrogen) atoms. The number of alkyl halides is 3. The van der Waals surface area contributed by atoms with Crippen molar-refractivity contribution in [2.45, 2.75) is 45.3 Å². The predicted octanol–water partition coefficient (Wildman–Crippen LogP) is 5.40. The molecule has 2 heterocycles. The highest BCUT2D eigenvalue weighted by atomic mass is 19.4.